The average Bonchev–Trinajstić information content (AvgIpc) is 2.83. The van der Waals surface area contributed by atoms with Crippen molar-refractivity contribution < 1.29 is 32.2 Å². The molecule has 3 heterocycles. The lowest BCUT2D eigenvalue weighted by Crippen LogP contribution is -2.51. The molecule has 0 saturated carbocycles. The fourth-order valence-electron chi connectivity index (χ4n) is 4.53. The topological polar surface area (TPSA) is 104 Å². The maximum Gasteiger partial charge on any atom is 0.573 e. The molecule has 1 fully saturated rings. The van der Waals surface area contributed by atoms with Crippen molar-refractivity contribution in [3.05, 3.63) is 41.3 Å². The van der Waals surface area contributed by atoms with Gasteiger partial charge in [0.25, 0.3) is 0 Å². The van der Waals surface area contributed by atoms with Crippen LogP contribution in [0.5, 0.6) is 5.75 Å². The van der Waals surface area contributed by atoms with Crippen LogP contribution in [0.4, 0.5) is 18.0 Å². The molecule has 0 aliphatic carbocycles. The SMILES string of the molecule is COCC(NC(=O)N1CC(=O)NC2=C1N=C(C1CCNCC1)CC2)c1ccc(OC(F)(F)F)cc1. The van der Waals surface area contributed by atoms with E-state index in [2.05, 4.69) is 20.7 Å². The molecule has 3 amide bonds. The van der Waals surface area contributed by atoms with Crippen molar-refractivity contribution in [2.75, 3.05) is 33.4 Å². The number of piperidine rings is 1. The number of nitrogens with zero attached hydrogens (tertiary/aromatic N) is 2. The summed E-state index contributed by atoms with van der Waals surface area (Å²) in [5.74, 6) is 0.100. The van der Waals surface area contributed by atoms with E-state index in [1.54, 1.807) is 0 Å². The van der Waals surface area contributed by atoms with Crippen molar-refractivity contribution in [3.8, 4) is 5.75 Å². The third-order valence-corrected chi connectivity index (χ3v) is 6.20. The van der Waals surface area contributed by atoms with Gasteiger partial charge in [0.2, 0.25) is 5.91 Å². The minimum atomic E-state index is -4.80. The van der Waals surface area contributed by atoms with Crippen molar-refractivity contribution in [1.82, 2.24) is 20.9 Å². The fraction of sp³-hybridized carbons (Fsp3) is 0.522. The monoisotopic (exact) mass is 495 g/mol. The summed E-state index contributed by atoms with van der Waals surface area (Å²) in [6.45, 7) is 1.72. The zero-order valence-electron chi connectivity index (χ0n) is 19.3. The number of rotatable bonds is 6. The largest absolute Gasteiger partial charge is 0.573 e. The highest BCUT2D eigenvalue weighted by Crippen LogP contribution is 2.30. The van der Waals surface area contributed by atoms with Gasteiger partial charge in [-0.2, -0.15) is 0 Å². The summed E-state index contributed by atoms with van der Waals surface area (Å²) in [4.78, 5) is 31.7. The summed E-state index contributed by atoms with van der Waals surface area (Å²) in [5.41, 5.74) is 2.17. The predicted molar refractivity (Wildman–Crippen MR) is 120 cm³/mol. The Kier molecular flexibility index (Phi) is 7.60. The second kappa shape index (κ2) is 10.6. The van der Waals surface area contributed by atoms with Gasteiger partial charge in [-0.25, -0.2) is 9.79 Å². The number of urea groups is 1. The van der Waals surface area contributed by atoms with Gasteiger partial charge in [0, 0.05) is 12.8 Å². The van der Waals surface area contributed by atoms with E-state index in [-0.39, 0.29) is 24.8 Å². The number of alkyl halides is 3. The maximum absolute atomic E-state index is 13.3. The molecule has 1 aromatic rings. The number of carbonyl (C=O) groups excluding carboxylic acids is 2. The van der Waals surface area contributed by atoms with Crippen molar-refractivity contribution in [2.45, 2.75) is 38.1 Å². The number of benzene rings is 1. The second-order valence-corrected chi connectivity index (χ2v) is 8.64. The molecule has 3 aliphatic rings. The Hall–Kier alpha value is -3.12. The molecule has 190 valence electrons. The van der Waals surface area contributed by atoms with E-state index in [9.17, 15) is 22.8 Å². The Morgan fingerprint density at radius 2 is 1.94 bits per heavy atom. The van der Waals surface area contributed by atoms with E-state index in [1.807, 2.05) is 0 Å². The van der Waals surface area contributed by atoms with Gasteiger partial charge in [-0.1, -0.05) is 12.1 Å². The zero-order valence-corrected chi connectivity index (χ0v) is 19.3. The zero-order chi connectivity index (χ0) is 25.0. The molecule has 1 atom stereocenters. The van der Waals surface area contributed by atoms with Gasteiger partial charge in [0.15, 0.2) is 5.82 Å². The Bertz CT molecular complexity index is 1000. The first-order valence-electron chi connectivity index (χ1n) is 11.5. The first-order chi connectivity index (χ1) is 16.7. The summed E-state index contributed by atoms with van der Waals surface area (Å²) in [6.07, 6.45) is -1.52. The van der Waals surface area contributed by atoms with Gasteiger partial charge in [-0.3, -0.25) is 9.69 Å². The van der Waals surface area contributed by atoms with E-state index >= 15 is 0 Å². The van der Waals surface area contributed by atoms with Crippen LogP contribution in [-0.4, -0.2) is 62.3 Å². The van der Waals surface area contributed by atoms with Crippen molar-refractivity contribution in [3.63, 3.8) is 0 Å². The van der Waals surface area contributed by atoms with Gasteiger partial charge in [0.1, 0.15) is 12.3 Å². The lowest BCUT2D eigenvalue weighted by atomic mass is 9.88. The number of allylic oxidation sites excluding steroid dienone is 1. The van der Waals surface area contributed by atoms with Gasteiger partial charge in [0.05, 0.1) is 18.3 Å². The molecule has 3 N–H and O–H groups in total. The number of halogens is 3. The molecule has 12 heteroatoms. The first-order valence-corrected chi connectivity index (χ1v) is 11.5. The van der Waals surface area contributed by atoms with E-state index in [4.69, 9.17) is 9.73 Å². The molecule has 1 aromatic carbocycles. The highest BCUT2D eigenvalue weighted by molar-refractivity contribution is 5.93. The minimum Gasteiger partial charge on any atom is -0.406 e. The van der Waals surface area contributed by atoms with Crippen LogP contribution in [0.25, 0.3) is 0 Å². The van der Waals surface area contributed by atoms with E-state index in [0.717, 1.165) is 38.1 Å². The molecular formula is C23H28F3N5O4. The summed E-state index contributed by atoms with van der Waals surface area (Å²) in [7, 11) is 1.45. The number of aliphatic imine (C=N–C) groups is 1. The van der Waals surface area contributed by atoms with Crippen LogP contribution in [0, 0.1) is 5.92 Å². The quantitative estimate of drug-likeness (QED) is 0.563. The minimum absolute atomic E-state index is 0.0702. The predicted octanol–water partition coefficient (Wildman–Crippen LogP) is 2.82. The lowest BCUT2D eigenvalue weighted by molar-refractivity contribution is -0.274. The number of methoxy groups -OCH3 is 1. The lowest BCUT2D eigenvalue weighted by Gasteiger charge is -2.35. The number of amides is 3. The highest BCUT2D eigenvalue weighted by Gasteiger charge is 2.35. The molecule has 0 radical (unpaired) electrons. The first kappa shape index (κ1) is 25.0. The highest BCUT2D eigenvalue weighted by atomic mass is 19.4. The van der Waals surface area contributed by atoms with E-state index in [1.165, 1.54) is 36.3 Å². The van der Waals surface area contributed by atoms with E-state index < -0.39 is 18.4 Å². The van der Waals surface area contributed by atoms with Crippen LogP contribution in [0.3, 0.4) is 0 Å². The molecule has 9 nitrogen and oxygen atoms in total. The van der Waals surface area contributed by atoms with Crippen molar-refractivity contribution >= 4 is 17.6 Å². The molecule has 1 unspecified atom stereocenters. The number of hydrogen-bond acceptors (Lipinski definition) is 6. The van der Waals surface area contributed by atoms with Crippen molar-refractivity contribution in [2.24, 2.45) is 10.9 Å². The molecule has 35 heavy (non-hydrogen) atoms. The number of hydrogen-bond donors (Lipinski definition) is 3. The Morgan fingerprint density at radius 1 is 1.23 bits per heavy atom. The number of nitrogens with one attached hydrogen (secondary N) is 3. The Morgan fingerprint density at radius 3 is 2.60 bits per heavy atom. The standard InChI is InChI=1S/C23H28F3N5O4/c1-34-13-19(14-2-4-16(5-3-14)35-23(24,25)26)30-22(33)31-12-20(32)28-18-7-6-17(29-21(18)31)15-8-10-27-11-9-15/h2-5,15,19,27H,6-13H2,1H3,(H,28,32)(H,30,33). The average molecular weight is 496 g/mol. The van der Waals surface area contributed by atoms with Crippen LogP contribution in [0.2, 0.25) is 0 Å². The smallest absolute Gasteiger partial charge is 0.406 e. The summed E-state index contributed by atoms with van der Waals surface area (Å²) < 4.78 is 46.5. The van der Waals surface area contributed by atoms with Crippen LogP contribution in [0.15, 0.2) is 40.8 Å². The molecule has 3 aliphatic heterocycles. The van der Waals surface area contributed by atoms with Crippen LogP contribution < -0.4 is 20.7 Å². The molecular weight excluding hydrogens is 467 g/mol. The second-order valence-electron chi connectivity index (χ2n) is 8.64. The van der Waals surface area contributed by atoms with E-state index in [0.29, 0.717) is 29.4 Å². The van der Waals surface area contributed by atoms with Gasteiger partial charge < -0.3 is 25.4 Å². The fourth-order valence-corrected chi connectivity index (χ4v) is 4.53. The summed E-state index contributed by atoms with van der Waals surface area (Å²) in [5, 5.41) is 8.99. The molecule has 0 aromatic heterocycles. The molecule has 1 saturated heterocycles. The molecule has 0 spiro atoms. The summed E-state index contributed by atoms with van der Waals surface area (Å²) in [6, 6.07) is 3.98. The normalized spacial score (nSPS) is 20.1. The van der Waals surface area contributed by atoms with Gasteiger partial charge in [-0.05, 0) is 62.4 Å². The number of ether oxygens (including phenoxy) is 2. The van der Waals surface area contributed by atoms with Gasteiger partial charge in [-0.15, -0.1) is 13.2 Å². The van der Waals surface area contributed by atoms with Crippen LogP contribution in [0.1, 0.15) is 37.3 Å². The van der Waals surface area contributed by atoms with Crippen LogP contribution in [-0.2, 0) is 9.53 Å². The van der Waals surface area contributed by atoms with Crippen LogP contribution >= 0.6 is 0 Å². The summed E-state index contributed by atoms with van der Waals surface area (Å²) >= 11 is 0. The molecule has 0 bridgehead atoms. The molecule has 4 rings (SSSR count). The third kappa shape index (κ3) is 6.31. The Balaban J connectivity index is 1.52. The Labute approximate surface area is 200 Å². The maximum atomic E-state index is 13.3. The number of carbonyl (C=O) groups is 2. The third-order valence-electron chi connectivity index (χ3n) is 6.20. The van der Waals surface area contributed by atoms with Gasteiger partial charge >= 0.3 is 12.4 Å². The van der Waals surface area contributed by atoms with Crippen molar-refractivity contribution in [1.29, 1.82) is 0 Å².